The Morgan fingerprint density at radius 2 is 2.33 bits per heavy atom. The van der Waals surface area contributed by atoms with Crippen molar-refractivity contribution in [2.75, 3.05) is 0 Å². The van der Waals surface area contributed by atoms with E-state index in [4.69, 9.17) is 0 Å². The van der Waals surface area contributed by atoms with Crippen LogP contribution in [0.25, 0.3) is 0 Å². The van der Waals surface area contributed by atoms with Gasteiger partial charge in [-0.05, 0) is 32.1 Å². The van der Waals surface area contributed by atoms with Crippen LogP contribution in [0, 0.1) is 5.92 Å². The van der Waals surface area contributed by atoms with Crippen LogP contribution in [0.1, 0.15) is 26.2 Å². The third-order valence-corrected chi connectivity index (χ3v) is 1.86. The highest BCUT2D eigenvalue weighted by Crippen LogP contribution is 2.33. The molecule has 0 aromatic carbocycles. The van der Waals surface area contributed by atoms with Crippen LogP contribution in [-0.2, 0) is 0 Å². The minimum atomic E-state index is 0.925. The van der Waals surface area contributed by atoms with Crippen LogP contribution in [0.3, 0.4) is 0 Å². The smallest absolute Gasteiger partial charge is 0.0288 e. The molecule has 1 aliphatic rings. The maximum absolute atomic E-state index is 3.89. The Morgan fingerprint density at radius 1 is 1.67 bits per heavy atom. The van der Waals surface area contributed by atoms with Gasteiger partial charge in [0.1, 0.15) is 0 Å². The zero-order valence-corrected chi connectivity index (χ0v) is 6.06. The summed E-state index contributed by atoms with van der Waals surface area (Å²) in [6.45, 7) is 5.97. The maximum atomic E-state index is 3.89. The molecule has 0 bridgehead atoms. The van der Waals surface area contributed by atoms with E-state index in [0.29, 0.717) is 0 Å². The number of hydrogen-bond donors (Lipinski definition) is 0. The van der Waals surface area contributed by atoms with Crippen molar-refractivity contribution in [1.82, 2.24) is 0 Å². The van der Waals surface area contributed by atoms with Crippen molar-refractivity contribution in [2.45, 2.75) is 26.2 Å². The largest absolute Gasteiger partial charge is 0.0998 e. The van der Waals surface area contributed by atoms with Gasteiger partial charge in [0.2, 0.25) is 0 Å². The summed E-state index contributed by atoms with van der Waals surface area (Å²) in [4.78, 5) is 0. The monoisotopic (exact) mass is 122 g/mol. The molecule has 1 saturated carbocycles. The summed E-state index contributed by atoms with van der Waals surface area (Å²) in [7, 11) is 0. The summed E-state index contributed by atoms with van der Waals surface area (Å²) >= 11 is 0. The standard InChI is InChI=1S/C9H14/c1-3-4-5-9-6-8(2)7-9/h3-4,9H,2,5-7H2,1H3. The van der Waals surface area contributed by atoms with Gasteiger partial charge in [0, 0.05) is 0 Å². The fraction of sp³-hybridized carbons (Fsp3) is 0.556. The van der Waals surface area contributed by atoms with Crippen LogP contribution in [0.4, 0.5) is 0 Å². The average Bonchev–Trinajstić information content (AvgIpc) is 1.78. The minimum absolute atomic E-state index is 0.925. The quantitative estimate of drug-likeness (QED) is 0.494. The van der Waals surface area contributed by atoms with Crippen LogP contribution in [0.2, 0.25) is 0 Å². The van der Waals surface area contributed by atoms with E-state index < -0.39 is 0 Å². The molecular weight excluding hydrogens is 108 g/mol. The second-order valence-electron chi connectivity index (χ2n) is 2.83. The number of hydrogen-bond acceptors (Lipinski definition) is 0. The first-order valence-corrected chi connectivity index (χ1v) is 3.60. The molecule has 0 heterocycles. The van der Waals surface area contributed by atoms with Crippen molar-refractivity contribution in [3.05, 3.63) is 24.3 Å². The predicted octanol–water partition coefficient (Wildman–Crippen LogP) is 2.92. The van der Waals surface area contributed by atoms with Crippen molar-refractivity contribution in [2.24, 2.45) is 5.92 Å². The second kappa shape index (κ2) is 2.86. The molecular formula is C9H14. The van der Waals surface area contributed by atoms with Crippen LogP contribution < -0.4 is 0 Å². The van der Waals surface area contributed by atoms with Gasteiger partial charge in [-0.25, -0.2) is 0 Å². The van der Waals surface area contributed by atoms with E-state index in [-0.39, 0.29) is 0 Å². The second-order valence-corrected chi connectivity index (χ2v) is 2.83. The van der Waals surface area contributed by atoms with E-state index in [9.17, 15) is 0 Å². The fourth-order valence-corrected chi connectivity index (χ4v) is 1.25. The van der Waals surface area contributed by atoms with Crippen molar-refractivity contribution in [3.63, 3.8) is 0 Å². The van der Waals surface area contributed by atoms with E-state index in [1.807, 2.05) is 0 Å². The first-order valence-electron chi connectivity index (χ1n) is 3.60. The van der Waals surface area contributed by atoms with E-state index in [1.165, 1.54) is 24.8 Å². The Kier molecular flexibility index (Phi) is 2.10. The first kappa shape index (κ1) is 6.60. The lowest BCUT2D eigenvalue weighted by Crippen LogP contribution is -2.12. The molecule has 0 aromatic heterocycles. The molecule has 1 aliphatic carbocycles. The summed E-state index contributed by atoms with van der Waals surface area (Å²) in [6, 6.07) is 0. The lowest BCUT2D eigenvalue weighted by molar-refractivity contribution is 0.425. The summed E-state index contributed by atoms with van der Waals surface area (Å²) in [5, 5.41) is 0. The molecule has 0 heteroatoms. The molecule has 0 spiro atoms. The molecule has 50 valence electrons. The van der Waals surface area contributed by atoms with Gasteiger partial charge in [0.25, 0.3) is 0 Å². The summed E-state index contributed by atoms with van der Waals surface area (Å²) < 4.78 is 0. The van der Waals surface area contributed by atoms with E-state index in [1.54, 1.807) is 0 Å². The lowest BCUT2D eigenvalue weighted by atomic mass is 9.79. The van der Waals surface area contributed by atoms with E-state index >= 15 is 0 Å². The molecule has 0 amide bonds. The van der Waals surface area contributed by atoms with Gasteiger partial charge < -0.3 is 0 Å². The highest BCUT2D eigenvalue weighted by atomic mass is 14.2. The molecule has 0 N–H and O–H groups in total. The van der Waals surface area contributed by atoms with Crippen molar-refractivity contribution in [1.29, 1.82) is 0 Å². The highest BCUT2D eigenvalue weighted by molar-refractivity contribution is 5.08. The molecule has 0 aliphatic heterocycles. The Labute approximate surface area is 57.3 Å². The SMILES string of the molecule is C=C1CC(CC=CC)C1. The minimum Gasteiger partial charge on any atom is -0.0998 e. The Bertz CT molecular complexity index is 123. The zero-order chi connectivity index (χ0) is 6.69. The van der Waals surface area contributed by atoms with Crippen LogP contribution >= 0.6 is 0 Å². The molecule has 0 unspecified atom stereocenters. The van der Waals surface area contributed by atoms with Gasteiger partial charge in [-0.2, -0.15) is 0 Å². The fourth-order valence-electron chi connectivity index (χ4n) is 1.25. The first-order chi connectivity index (χ1) is 4.33. The molecule has 0 nitrogen and oxygen atoms in total. The van der Waals surface area contributed by atoms with Crippen LogP contribution in [0.5, 0.6) is 0 Å². The highest BCUT2D eigenvalue weighted by Gasteiger charge is 2.18. The van der Waals surface area contributed by atoms with Gasteiger partial charge >= 0.3 is 0 Å². The topological polar surface area (TPSA) is 0 Å². The van der Waals surface area contributed by atoms with Crippen molar-refractivity contribution < 1.29 is 0 Å². The molecule has 1 rings (SSSR count). The lowest BCUT2D eigenvalue weighted by Gasteiger charge is -2.26. The molecule has 1 fully saturated rings. The number of rotatable bonds is 2. The molecule has 0 radical (unpaired) electrons. The maximum Gasteiger partial charge on any atom is -0.0288 e. The number of allylic oxidation sites excluding steroid dienone is 3. The van der Waals surface area contributed by atoms with Gasteiger partial charge in [-0.3, -0.25) is 0 Å². The van der Waals surface area contributed by atoms with Gasteiger partial charge in [0.05, 0.1) is 0 Å². The summed E-state index contributed by atoms with van der Waals surface area (Å²) in [6.07, 6.45) is 8.17. The van der Waals surface area contributed by atoms with Gasteiger partial charge in [-0.1, -0.05) is 24.3 Å². The molecule has 0 saturated heterocycles. The van der Waals surface area contributed by atoms with E-state index in [2.05, 4.69) is 25.7 Å². The van der Waals surface area contributed by atoms with Crippen LogP contribution in [0.15, 0.2) is 24.3 Å². The average molecular weight is 122 g/mol. The van der Waals surface area contributed by atoms with Crippen molar-refractivity contribution in [3.8, 4) is 0 Å². The summed E-state index contributed by atoms with van der Waals surface area (Å²) in [5.41, 5.74) is 1.43. The van der Waals surface area contributed by atoms with E-state index in [0.717, 1.165) is 5.92 Å². The zero-order valence-electron chi connectivity index (χ0n) is 6.06. The Hall–Kier alpha value is -0.520. The Morgan fingerprint density at radius 3 is 2.78 bits per heavy atom. The predicted molar refractivity (Wildman–Crippen MR) is 41.3 cm³/mol. The Balaban J connectivity index is 2.10. The normalized spacial score (nSPS) is 20.8. The van der Waals surface area contributed by atoms with Crippen molar-refractivity contribution >= 4 is 0 Å². The third kappa shape index (κ3) is 1.70. The van der Waals surface area contributed by atoms with Gasteiger partial charge in [0.15, 0.2) is 0 Å². The summed E-state index contributed by atoms with van der Waals surface area (Å²) in [5.74, 6) is 0.925. The van der Waals surface area contributed by atoms with Crippen LogP contribution in [-0.4, -0.2) is 0 Å². The molecule has 0 aromatic rings. The molecule has 9 heavy (non-hydrogen) atoms. The third-order valence-electron chi connectivity index (χ3n) is 1.86. The van der Waals surface area contributed by atoms with Gasteiger partial charge in [-0.15, -0.1) is 0 Å². The molecule has 0 atom stereocenters.